The third kappa shape index (κ3) is 16.1. The molecule has 3 nitrogen and oxygen atoms in total. The van der Waals surface area contributed by atoms with Crippen molar-refractivity contribution >= 4 is 11.8 Å². The van der Waals surface area contributed by atoms with E-state index < -0.39 is 0 Å². The van der Waals surface area contributed by atoms with E-state index in [2.05, 4.69) is 84.9 Å². The van der Waals surface area contributed by atoms with Gasteiger partial charge >= 0.3 is 0 Å². The van der Waals surface area contributed by atoms with Crippen molar-refractivity contribution in [1.82, 2.24) is 5.32 Å². The lowest BCUT2D eigenvalue weighted by molar-refractivity contribution is 0.415. The van der Waals surface area contributed by atoms with Crippen molar-refractivity contribution in [2.45, 2.75) is 112 Å². The van der Waals surface area contributed by atoms with Crippen molar-refractivity contribution in [3.63, 3.8) is 0 Å². The zero-order valence-electron chi connectivity index (χ0n) is 25.8. The van der Waals surface area contributed by atoms with Crippen LogP contribution in [-0.2, 0) is 0 Å². The summed E-state index contributed by atoms with van der Waals surface area (Å²) >= 11 is 0. The summed E-state index contributed by atoms with van der Waals surface area (Å²) in [6.07, 6.45) is 22.5. The smallest absolute Gasteiger partial charge is 0.118 e. The number of ether oxygens (including phenoxy) is 1. The number of methoxy groups -OCH3 is 1. The molecule has 1 atom stereocenters. The zero-order chi connectivity index (χ0) is 28.6. The van der Waals surface area contributed by atoms with Crippen molar-refractivity contribution in [2.75, 3.05) is 7.11 Å². The highest BCUT2D eigenvalue weighted by Gasteiger charge is 2.15. The quantitative estimate of drug-likeness (QED) is 0.126. The number of aliphatic imine (C=N–C) groups is 1. The van der Waals surface area contributed by atoms with Gasteiger partial charge in [-0.05, 0) is 94.6 Å². The van der Waals surface area contributed by atoms with Gasteiger partial charge in [0.25, 0.3) is 0 Å². The molecule has 0 aliphatic carbocycles. The fraction of sp³-hybridized carbons (Fsp3) is 0.514. The van der Waals surface area contributed by atoms with Crippen LogP contribution in [0.1, 0.15) is 112 Å². The Morgan fingerprint density at radius 3 is 2.05 bits per heavy atom. The summed E-state index contributed by atoms with van der Waals surface area (Å²) in [5, 5.41) is 3.24. The number of benzene rings is 1. The van der Waals surface area contributed by atoms with Crippen molar-refractivity contribution < 1.29 is 4.74 Å². The highest BCUT2D eigenvalue weighted by atomic mass is 16.5. The van der Waals surface area contributed by atoms with Gasteiger partial charge in [-0.15, -0.1) is 0 Å². The number of nitrogens with zero attached hydrogens (tertiary/aromatic N) is 1. The molecule has 38 heavy (non-hydrogen) atoms. The molecule has 0 heterocycles. The maximum Gasteiger partial charge on any atom is 0.118 e. The molecule has 0 spiro atoms. The SMILES string of the molecule is C=C/C=C\C=NC(C)C(=C(CCC)CCC)c1ccc(OC)cc1.CCCCC/C(C)=C/N/C=C(\C)CC. The van der Waals surface area contributed by atoms with Gasteiger partial charge in [-0.3, -0.25) is 4.99 Å². The molecule has 1 aromatic carbocycles. The van der Waals surface area contributed by atoms with Crippen LogP contribution in [0.4, 0.5) is 0 Å². The van der Waals surface area contributed by atoms with Crippen LogP contribution in [0.3, 0.4) is 0 Å². The Hall–Kier alpha value is -2.81. The number of rotatable bonds is 17. The lowest BCUT2D eigenvalue weighted by Crippen LogP contribution is -2.07. The van der Waals surface area contributed by atoms with Crippen LogP contribution in [0.2, 0.25) is 0 Å². The largest absolute Gasteiger partial charge is 0.497 e. The van der Waals surface area contributed by atoms with Gasteiger partial charge in [0, 0.05) is 6.21 Å². The fourth-order valence-electron chi connectivity index (χ4n) is 4.05. The van der Waals surface area contributed by atoms with Crippen LogP contribution in [0.15, 0.2) is 83.2 Å². The Labute approximate surface area is 235 Å². The molecule has 0 aromatic heterocycles. The predicted octanol–water partition coefficient (Wildman–Crippen LogP) is 10.6. The van der Waals surface area contributed by atoms with Crippen molar-refractivity contribution in [2.24, 2.45) is 4.99 Å². The van der Waals surface area contributed by atoms with E-state index >= 15 is 0 Å². The van der Waals surface area contributed by atoms with Gasteiger partial charge in [0.15, 0.2) is 0 Å². The molecule has 1 aromatic rings. The van der Waals surface area contributed by atoms with E-state index in [0.717, 1.165) is 37.9 Å². The van der Waals surface area contributed by atoms with Crippen molar-refractivity contribution in [3.05, 3.63) is 83.8 Å². The second kappa shape index (κ2) is 23.3. The highest BCUT2D eigenvalue weighted by Crippen LogP contribution is 2.31. The molecule has 0 bridgehead atoms. The van der Waals surface area contributed by atoms with Crippen LogP contribution < -0.4 is 10.1 Å². The van der Waals surface area contributed by atoms with E-state index in [1.165, 1.54) is 53.5 Å². The average molecular weight is 521 g/mol. The Morgan fingerprint density at radius 2 is 1.53 bits per heavy atom. The number of hydrogen-bond donors (Lipinski definition) is 1. The molecule has 0 saturated carbocycles. The third-order valence-corrected chi connectivity index (χ3v) is 6.34. The zero-order valence-corrected chi connectivity index (χ0v) is 25.8. The van der Waals surface area contributed by atoms with E-state index in [1.807, 2.05) is 30.5 Å². The molecule has 0 aliphatic rings. The number of hydrogen-bond acceptors (Lipinski definition) is 3. The summed E-state index contributed by atoms with van der Waals surface area (Å²) in [6.45, 7) is 19.1. The number of allylic oxidation sites excluding steroid dienone is 6. The summed E-state index contributed by atoms with van der Waals surface area (Å²) in [5.41, 5.74) is 6.94. The van der Waals surface area contributed by atoms with Crippen LogP contribution in [0.5, 0.6) is 5.75 Å². The normalized spacial score (nSPS) is 12.7. The highest BCUT2D eigenvalue weighted by molar-refractivity contribution is 5.77. The molecule has 1 N–H and O–H groups in total. The number of unbranched alkanes of at least 4 members (excludes halogenated alkanes) is 2. The number of nitrogens with one attached hydrogen (secondary N) is 1. The summed E-state index contributed by atoms with van der Waals surface area (Å²) in [7, 11) is 1.70. The standard InChI is InChI=1S/C22H31NO.C13H25N/c1-6-9-10-17-23-18(4)22(19(11-7-2)12-8-3)20-13-15-21(24-5)16-14-20;1-5-7-8-9-13(4)11-14-10-12(3)6-2/h6,9-10,13-18H,1,7-8,11-12H2,2-5H3;10-11,14H,5-9H2,1-4H3/b10-9-,23-17?;12-10+,13-11+. The Bertz CT molecular complexity index is 892. The minimum atomic E-state index is 0.126. The van der Waals surface area contributed by atoms with Gasteiger partial charge in [-0.1, -0.05) is 101 Å². The molecule has 0 amide bonds. The molecule has 1 unspecified atom stereocenters. The van der Waals surface area contributed by atoms with Crippen LogP contribution in [0.25, 0.3) is 5.57 Å². The fourth-order valence-corrected chi connectivity index (χ4v) is 4.05. The molecule has 3 heteroatoms. The average Bonchev–Trinajstić information content (AvgIpc) is 2.92. The van der Waals surface area contributed by atoms with Gasteiger partial charge in [-0.25, -0.2) is 0 Å². The summed E-state index contributed by atoms with van der Waals surface area (Å²) in [4.78, 5) is 4.72. The summed E-state index contributed by atoms with van der Waals surface area (Å²) < 4.78 is 5.29. The molecule has 0 aliphatic heterocycles. The molecule has 212 valence electrons. The van der Waals surface area contributed by atoms with Gasteiger partial charge in [0.1, 0.15) is 5.75 Å². The van der Waals surface area contributed by atoms with Crippen LogP contribution >= 0.6 is 0 Å². The van der Waals surface area contributed by atoms with Gasteiger partial charge in [0.2, 0.25) is 0 Å². The summed E-state index contributed by atoms with van der Waals surface area (Å²) in [5.74, 6) is 0.885. The second-order valence-electron chi connectivity index (χ2n) is 9.80. The van der Waals surface area contributed by atoms with Crippen molar-refractivity contribution in [1.29, 1.82) is 0 Å². The van der Waals surface area contributed by atoms with E-state index in [0.29, 0.717) is 0 Å². The van der Waals surface area contributed by atoms with Gasteiger partial charge in [-0.2, -0.15) is 0 Å². The maximum atomic E-state index is 5.29. The lowest BCUT2D eigenvalue weighted by Gasteiger charge is -2.19. The monoisotopic (exact) mass is 520 g/mol. The Balaban J connectivity index is 0.000000835. The van der Waals surface area contributed by atoms with Gasteiger partial charge in [0.05, 0.1) is 13.2 Å². The van der Waals surface area contributed by atoms with E-state index in [9.17, 15) is 0 Å². The first-order valence-electron chi connectivity index (χ1n) is 14.6. The van der Waals surface area contributed by atoms with E-state index in [-0.39, 0.29) is 6.04 Å². The Kier molecular flexibility index (Phi) is 21.6. The topological polar surface area (TPSA) is 33.6 Å². The lowest BCUT2D eigenvalue weighted by atomic mass is 9.89. The maximum absolute atomic E-state index is 5.29. The molecular weight excluding hydrogens is 464 g/mol. The first-order valence-corrected chi connectivity index (χ1v) is 14.6. The second-order valence-corrected chi connectivity index (χ2v) is 9.80. The third-order valence-electron chi connectivity index (χ3n) is 6.34. The van der Waals surface area contributed by atoms with E-state index in [1.54, 1.807) is 13.2 Å². The first-order chi connectivity index (χ1) is 18.4. The van der Waals surface area contributed by atoms with Crippen molar-refractivity contribution in [3.8, 4) is 5.75 Å². The summed E-state index contributed by atoms with van der Waals surface area (Å²) in [6, 6.07) is 8.47. The molecule has 0 fully saturated rings. The molecule has 0 saturated heterocycles. The first kappa shape index (κ1) is 35.2. The minimum absolute atomic E-state index is 0.126. The Morgan fingerprint density at radius 1 is 0.895 bits per heavy atom. The molecule has 0 radical (unpaired) electrons. The molecular formula is C35H56N2O. The van der Waals surface area contributed by atoms with Gasteiger partial charge < -0.3 is 10.1 Å². The molecule has 1 rings (SSSR count). The minimum Gasteiger partial charge on any atom is -0.497 e. The van der Waals surface area contributed by atoms with Crippen LogP contribution in [-0.4, -0.2) is 19.4 Å². The van der Waals surface area contributed by atoms with Crippen LogP contribution in [0, 0.1) is 0 Å². The predicted molar refractivity (Wildman–Crippen MR) is 172 cm³/mol. The van der Waals surface area contributed by atoms with E-state index in [4.69, 9.17) is 9.73 Å².